The lowest BCUT2D eigenvalue weighted by atomic mass is 10.1. The van der Waals surface area contributed by atoms with Crippen LogP contribution >= 0.6 is 0 Å². The molecule has 0 spiro atoms. The van der Waals surface area contributed by atoms with Crippen molar-refractivity contribution in [2.75, 3.05) is 6.54 Å². The Bertz CT molecular complexity index is 305. The van der Waals surface area contributed by atoms with Crippen LogP contribution < -0.4 is 5.32 Å². The number of carbonyl (C=O) groups excluding carboxylic acids is 2. The molecule has 1 saturated heterocycles. The van der Waals surface area contributed by atoms with E-state index in [0.29, 0.717) is 18.4 Å². The molecule has 0 saturated carbocycles. The van der Waals surface area contributed by atoms with Gasteiger partial charge in [-0.3, -0.25) is 9.59 Å². The Kier molecular flexibility index (Phi) is 6.89. The van der Waals surface area contributed by atoms with Crippen LogP contribution in [0.5, 0.6) is 0 Å². The molecule has 0 aromatic rings. The van der Waals surface area contributed by atoms with E-state index in [1.165, 1.54) is 6.42 Å². The van der Waals surface area contributed by atoms with E-state index in [9.17, 15) is 9.59 Å². The minimum atomic E-state index is 0.0308. The van der Waals surface area contributed by atoms with E-state index in [-0.39, 0.29) is 11.9 Å². The number of amides is 2. The van der Waals surface area contributed by atoms with Gasteiger partial charge in [-0.1, -0.05) is 6.42 Å². The highest BCUT2D eigenvalue weighted by molar-refractivity contribution is 5.76. The normalized spacial score (nSPS) is 19.7. The number of carbonyl (C=O) groups is 2. The highest BCUT2D eigenvalue weighted by Gasteiger charge is 2.21. The van der Waals surface area contributed by atoms with Gasteiger partial charge in [-0.2, -0.15) is 0 Å². The first-order valence-electron chi connectivity index (χ1n) is 7.57. The van der Waals surface area contributed by atoms with Gasteiger partial charge in [0.1, 0.15) is 0 Å². The average molecular weight is 268 g/mol. The van der Waals surface area contributed by atoms with Crippen molar-refractivity contribution in [2.24, 2.45) is 0 Å². The molecule has 110 valence electrons. The average Bonchev–Trinajstić information content (AvgIpc) is 2.52. The van der Waals surface area contributed by atoms with Crippen LogP contribution in [0, 0.1) is 0 Å². The van der Waals surface area contributed by atoms with Gasteiger partial charge in [0, 0.05) is 32.0 Å². The van der Waals surface area contributed by atoms with Gasteiger partial charge in [0.05, 0.1) is 0 Å². The van der Waals surface area contributed by atoms with E-state index >= 15 is 0 Å². The molecule has 1 aliphatic heterocycles. The quantitative estimate of drug-likeness (QED) is 0.804. The number of nitrogens with zero attached hydrogens (tertiary/aromatic N) is 1. The fourth-order valence-electron chi connectivity index (χ4n) is 2.76. The standard InChI is InChI=1S/C15H28N2O2/c1-12(16-14(3)18)8-7-9-13(2)17-11-6-4-5-10-15(17)19/h12-13H,4-11H2,1-3H3,(H,16,18). The lowest BCUT2D eigenvalue weighted by Gasteiger charge is -2.28. The minimum Gasteiger partial charge on any atom is -0.354 e. The molecule has 2 atom stereocenters. The van der Waals surface area contributed by atoms with E-state index in [1.54, 1.807) is 6.92 Å². The maximum Gasteiger partial charge on any atom is 0.222 e. The molecule has 1 aliphatic rings. The Balaban J connectivity index is 2.27. The molecule has 1 fully saturated rings. The predicted octanol–water partition coefficient (Wildman–Crippen LogP) is 2.47. The maximum absolute atomic E-state index is 12.0. The SMILES string of the molecule is CC(=O)NC(C)CCCC(C)N1CCCCCC1=O. The Labute approximate surface area is 116 Å². The Hall–Kier alpha value is -1.06. The van der Waals surface area contributed by atoms with E-state index in [4.69, 9.17) is 0 Å². The van der Waals surface area contributed by atoms with Crippen LogP contribution in [0.15, 0.2) is 0 Å². The molecule has 19 heavy (non-hydrogen) atoms. The summed E-state index contributed by atoms with van der Waals surface area (Å²) in [6.45, 7) is 6.64. The van der Waals surface area contributed by atoms with E-state index < -0.39 is 0 Å². The summed E-state index contributed by atoms with van der Waals surface area (Å²) in [7, 11) is 0. The molecule has 1 N–H and O–H groups in total. The van der Waals surface area contributed by atoms with Gasteiger partial charge in [-0.25, -0.2) is 0 Å². The molecule has 0 aromatic heterocycles. The minimum absolute atomic E-state index is 0.0308. The lowest BCUT2D eigenvalue weighted by Crippen LogP contribution is -2.38. The second kappa shape index (κ2) is 8.18. The highest BCUT2D eigenvalue weighted by atomic mass is 16.2. The number of nitrogens with one attached hydrogen (secondary N) is 1. The van der Waals surface area contributed by atoms with Gasteiger partial charge in [-0.15, -0.1) is 0 Å². The van der Waals surface area contributed by atoms with Crippen LogP contribution in [0.25, 0.3) is 0 Å². The Morgan fingerprint density at radius 3 is 2.68 bits per heavy atom. The summed E-state index contributed by atoms with van der Waals surface area (Å²) in [5.74, 6) is 0.350. The third-order valence-corrected chi connectivity index (χ3v) is 3.85. The van der Waals surface area contributed by atoms with Crippen molar-refractivity contribution >= 4 is 11.8 Å². The van der Waals surface area contributed by atoms with Crippen LogP contribution in [0.3, 0.4) is 0 Å². The van der Waals surface area contributed by atoms with Gasteiger partial charge in [0.25, 0.3) is 0 Å². The molecule has 0 bridgehead atoms. The van der Waals surface area contributed by atoms with E-state index in [0.717, 1.165) is 38.6 Å². The van der Waals surface area contributed by atoms with Gasteiger partial charge in [-0.05, 0) is 46.0 Å². The molecule has 2 unspecified atom stereocenters. The predicted molar refractivity (Wildman–Crippen MR) is 76.8 cm³/mol. The zero-order valence-electron chi connectivity index (χ0n) is 12.6. The summed E-state index contributed by atoms with van der Waals surface area (Å²) in [4.78, 5) is 24.9. The van der Waals surface area contributed by atoms with Crippen molar-refractivity contribution in [3.63, 3.8) is 0 Å². The Morgan fingerprint density at radius 2 is 2.00 bits per heavy atom. The highest BCUT2D eigenvalue weighted by Crippen LogP contribution is 2.17. The number of hydrogen-bond acceptors (Lipinski definition) is 2. The molecule has 1 heterocycles. The van der Waals surface area contributed by atoms with Gasteiger partial charge < -0.3 is 10.2 Å². The van der Waals surface area contributed by atoms with Crippen molar-refractivity contribution in [3.8, 4) is 0 Å². The number of likely N-dealkylation sites (tertiary alicyclic amines) is 1. The molecule has 4 heteroatoms. The summed E-state index contributed by atoms with van der Waals surface area (Å²) in [5, 5.41) is 2.90. The van der Waals surface area contributed by atoms with Crippen LogP contribution in [-0.4, -0.2) is 35.3 Å². The number of rotatable bonds is 6. The largest absolute Gasteiger partial charge is 0.354 e. The molecule has 1 rings (SSSR count). The van der Waals surface area contributed by atoms with Gasteiger partial charge >= 0.3 is 0 Å². The first kappa shape index (κ1) is 16.0. The van der Waals surface area contributed by atoms with Crippen molar-refractivity contribution in [1.82, 2.24) is 10.2 Å². The third kappa shape index (κ3) is 6.08. The van der Waals surface area contributed by atoms with Crippen molar-refractivity contribution in [3.05, 3.63) is 0 Å². The summed E-state index contributed by atoms with van der Waals surface area (Å²) in [6, 6.07) is 0.555. The van der Waals surface area contributed by atoms with Crippen molar-refractivity contribution < 1.29 is 9.59 Å². The van der Waals surface area contributed by atoms with Crippen molar-refractivity contribution in [1.29, 1.82) is 0 Å². The second-order valence-corrected chi connectivity index (χ2v) is 5.78. The summed E-state index contributed by atoms with van der Waals surface area (Å²) in [6.07, 6.45) is 7.12. The third-order valence-electron chi connectivity index (χ3n) is 3.85. The van der Waals surface area contributed by atoms with Crippen LogP contribution in [0.4, 0.5) is 0 Å². The summed E-state index contributed by atoms with van der Waals surface area (Å²) in [5.41, 5.74) is 0. The van der Waals surface area contributed by atoms with Crippen LogP contribution in [0.1, 0.15) is 65.7 Å². The number of hydrogen-bond donors (Lipinski definition) is 1. The topological polar surface area (TPSA) is 49.4 Å². The second-order valence-electron chi connectivity index (χ2n) is 5.78. The molecular formula is C15H28N2O2. The first-order chi connectivity index (χ1) is 9.00. The maximum atomic E-state index is 12.0. The fraction of sp³-hybridized carbons (Fsp3) is 0.867. The fourth-order valence-corrected chi connectivity index (χ4v) is 2.76. The Morgan fingerprint density at radius 1 is 1.26 bits per heavy atom. The molecular weight excluding hydrogens is 240 g/mol. The van der Waals surface area contributed by atoms with Crippen LogP contribution in [0.2, 0.25) is 0 Å². The van der Waals surface area contributed by atoms with Crippen molar-refractivity contribution in [2.45, 2.75) is 77.8 Å². The monoisotopic (exact) mass is 268 g/mol. The summed E-state index contributed by atoms with van der Waals surface area (Å²) >= 11 is 0. The molecule has 0 aliphatic carbocycles. The summed E-state index contributed by atoms with van der Waals surface area (Å²) < 4.78 is 0. The first-order valence-corrected chi connectivity index (χ1v) is 7.57. The molecule has 4 nitrogen and oxygen atoms in total. The molecule has 2 amide bonds. The van der Waals surface area contributed by atoms with E-state index in [1.807, 2.05) is 6.92 Å². The molecule has 0 radical (unpaired) electrons. The zero-order valence-corrected chi connectivity index (χ0v) is 12.6. The van der Waals surface area contributed by atoms with Crippen LogP contribution in [-0.2, 0) is 9.59 Å². The molecule has 0 aromatic carbocycles. The smallest absolute Gasteiger partial charge is 0.222 e. The zero-order chi connectivity index (χ0) is 14.3. The lowest BCUT2D eigenvalue weighted by molar-refractivity contribution is -0.132. The van der Waals surface area contributed by atoms with Gasteiger partial charge in [0.2, 0.25) is 11.8 Å². The van der Waals surface area contributed by atoms with Gasteiger partial charge in [0.15, 0.2) is 0 Å². The van der Waals surface area contributed by atoms with E-state index in [2.05, 4.69) is 17.1 Å².